The third kappa shape index (κ3) is 4.37. The van der Waals surface area contributed by atoms with E-state index < -0.39 is 0 Å². The van der Waals surface area contributed by atoms with E-state index in [1.54, 1.807) is 11.3 Å². The van der Waals surface area contributed by atoms with Crippen LogP contribution in [0, 0.1) is 19.3 Å². The lowest BCUT2D eigenvalue weighted by Crippen LogP contribution is -2.40. The second kappa shape index (κ2) is 5.94. The van der Waals surface area contributed by atoms with Crippen molar-refractivity contribution in [2.24, 2.45) is 5.41 Å². The second-order valence-corrected chi connectivity index (χ2v) is 6.84. The number of aryl methyl sites for hydroxylation is 2. The molecular weight excluding hydrogens is 232 g/mol. The largest absolute Gasteiger partial charge is 0.396 e. The van der Waals surface area contributed by atoms with Crippen LogP contribution in [0.5, 0.6) is 0 Å². The standard InChI is InChI=1S/C13H24N2OS/c1-9-11(17-10(2)15-9)8-14-12(6-7-16)13(3,4)5/h12,14,16H,6-8H2,1-5H3. The number of hydrogen-bond acceptors (Lipinski definition) is 4. The first kappa shape index (κ1) is 14.6. The highest BCUT2D eigenvalue weighted by atomic mass is 32.1. The van der Waals surface area contributed by atoms with Crippen molar-refractivity contribution in [1.29, 1.82) is 0 Å². The van der Waals surface area contributed by atoms with Crippen molar-refractivity contribution in [3.8, 4) is 0 Å². The quantitative estimate of drug-likeness (QED) is 0.851. The van der Waals surface area contributed by atoms with E-state index in [0.717, 1.165) is 23.7 Å². The van der Waals surface area contributed by atoms with Gasteiger partial charge in [0.25, 0.3) is 0 Å². The maximum absolute atomic E-state index is 9.11. The molecule has 3 nitrogen and oxygen atoms in total. The summed E-state index contributed by atoms with van der Waals surface area (Å²) in [6.07, 6.45) is 0.792. The van der Waals surface area contributed by atoms with E-state index in [0.29, 0.717) is 6.04 Å². The van der Waals surface area contributed by atoms with Gasteiger partial charge in [-0.25, -0.2) is 4.98 Å². The molecule has 0 saturated heterocycles. The number of nitrogens with one attached hydrogen (secondary N) is 1. The van der Waals surface area contributed by atoms with Gasteiger partial charge >= 0.3 is 0 Å². The highest BCUT2D eigenvalue weighted by Crippen LogP contribution is 2.23. The van der Waals surface area contributed by atoms with Gasteiger partial charge in [-0.2, -0.15) is 0 Å². The van der Waals surface area contributed by atoms with Gasteiger partial charge in [0.05, 0.1) is 10.7 Å². The zero-order chi connectivity index (χ0) is 13.1. The van der Waals surface area contributed by atoms with Crippen molar-refractivity contribution < 1.29 is 5.11 Å². The van der Waals surface area contributed by atoms with E-state index >= 15 is 0 Å². The van der Waals surface area contributed by atoms with Crippen LogP contribution in [0.3, 0.4) is 0 Å². The summed E-state index contributed by atoms with van der Waals surface area (Å²) in [5.74, 6) is 0. The van der Waals surface area contributed by atoms with Crippen LogP contribution in [0.15, 0.2) is 0 Å². The molecule has 1 rings (SSSR count). The van der Waals surface area contributed by atoms with E-state index in [2.05, 4.69) is 38.0 Å². The van der Waals surface area contributed by atoms with Crippen LogP contribution >= 0.6 is 11.3 Å². The number of aliphatic hydroxyl groups excluding tert-OH is 1. The van der Waals surface area contributed by atoms with Gasteiger partial charge in [-0.1, -0.05) is 20.8 Å². The van der Waals surface area contributed by atoms with Crippen molar-refractivity contribution in [3.63, 3.8) is 0 Å². The summed E-state index contributed by atoms with van der Waals surface area (Å²) in [5, 5.41) is 13.8. The van der Waals surface area contributed by atoms with Gasteiger partial charge in [0, 0.05) is 24.1 Å². The molecular formula is C13H24N2OS. The molecule has 0 amide bonds. The molecule has 98 valence electrons. The molecule has 1 atom stereocenters. The van der Waals surface area contributed by atoms with Crippen molar-refractivity contribution in [1.82, 2.24) is 10.3 Å². The number of rotatable bonds is 5. The predicted octanol–water partition coefficient (Wildman–Crippen LogP) is 2.65. The first-order chi connectivity index (χ1) is 7.84. The van der Waals surface area contributed by atoms with Crippen LogP contribution < -0.4 is 5.32 Å². The molecule has 0 aliphatic heterocycles. The van der Waals surface area contributed by atoms with Gasteiger partial charge in [0.1, 0.15) is 0 Å². The third-order valence-electron chi connectivity index (χ3n) is 2.97. The van der Waals surface area contributed by atoms with Gasteiger partial charge in [-0.15, -0.1) is 11.3 Å². The summed E-state index contributed by atoms with van der Waals surface area (Å²) in [7, 11) is 0. The fourth-order valence-corrected chi connectivity index (χ4v) is 2.81. The average molecular weight is 256 g/mol. The Morgan fingerprint density at radius 3 is 2.41 bits per heavy atom. The lowest BCUT2D eigenvalue weighted by molar-refractivity contribution is 0.196. The fraction of sp³-hybridized carbons (Fsp3) is 0.769. The number of hydrogen-bond donors (Lipinski definition) is 2. The van der Waals surface area contributed by atoms with Gasteiger partial charge in [0.2, 0.25) is 0 Å². The Morgan fingerprint density at radius 2 is 2.00 bits per heavy atom. The molecule has 0 bridgehead atoms. The minimum absolute atomic E-state index is 0.163. The summed E-state index contributed by atoms with van der Waals surface area (Å²) in [6.45, 7) is 11.8. The summed E-state index contributed by atoms with van der Waals surface area (Å²) >= 11 is 1.75. The van der Waals surface area contributed by atoms with Crippen molar-refractivity contribution >= 4 is 11.3 Å². The number of nitrogens with zero attached hydrogens (tertiary/aromatic N) is 1. The Bertz CT molecular complexity index is 355. The molecule has 1 aromatic heterocycles. The van der Waals surface area contributed by atoms with E-state index in [4.69, 9.17) is 5.11 Å². The number of aromatic nitrogens is 1. The van der Waals surface area contributed by atoms with Gasteiger partial charge in [0.15, 0.2) is 0 Å². The molecule has 0 radical (unpaired) electrons. The molecule has 4 heteroatoms. The van der Waals surface area contributed by atoms with E-state index in [-0.39, 0.29) is 12.0 Å². The third-order valence-corrected chi connectivity index (χ3v) is 4.04. The normalized spacial score (nSPS) is 14.0. The van der Waals surface area contributed by atoms with Gasteiger partial charge in [-0.3, -0.25) is 0 Å². The Hall–Kier alpha value is -0.450. The summed E-state index contributed by atoms with van der Waals surface area (Å²) < 4.78 is 0. The zero-order valence-corrected chi connectivity index (χ0v) is 12.3. The Labute approximate surface area is 108 Å². The van der Waals surface area contributed by atoms with Crippen LogP contribution in [-0.4, -0.2) is 22.7 Å². The number of thiazole rings is 1. The highest BCUT2D eigenvalue weighted by Gasteiger charge is 2.23. The van der Waals surface area contributed by atoms with E-state index in [1.165, 1.54) is 4.88 Å². The summed E-state index contributed by atoms with van der Waals surface area (Å²) in [5.41, 5.74) is 1.28. The highest BCUT2D eigenvalue weighted by molar-refractivity contribution is 7.11. The smallest absolute Gasteiger partial charge is 0.0900 e. The Kier molecular flexibility index (Phi) is 5.10. The molecule has 0 spiro atoms. The topological polar surface area (TPSA) is 45.2 Å². The van der Waals surface area contributed by atoms with Crippen molar-refractivity contribution in [2.45, 2.75) is 53.6 Å². The predicted molar refractivity (Wildman–Crippen MR) is 73.4 cm³/mol. The van der Waals surface area contributed by atoms with E-state index in [1.807, 2.05) is 6.92 Å². The van der Waals surface area contributed by atoms with Crippen molar-refractivity contribution in [2.75, 3.05) is 6.61 Å². The molecule has 0 aliphatic carbocycles. The van der Waals surface area contributed by atoms with Crippen LogP contribution in [0.25, 0.3) is 0 Å². The SMILES string of the molecule is Cc1nc(C)c(CNC(CCO)C(C)(C)C)s1. The van der Waals surface area contributed by atoms with Crippen LogP contribution in [0.4, 0.5) is 0 Å². The molecule has 0 fully saturated rings. The lowest BCUT2D eigenvalue weighted by atomic mass is 9.85. The first-order valence-corrected chi connectivity index (χ1v) is 6.93. The molecule has 0 aromatic carbocycles. The second-order valence-electron chi connectivity index (χ2n) is 5.55. The number of aliphatic hydroxyl groups is 1. The Balaban J connectivity index is 2.61. The molecule has 2 N–H and O–H groups in total. The molecule has 0 aliphatic rings. The van der Waals surface area contributed by atoms with Crippen molar-refractivity contribution in [3.05, 3.63) is 15.6 Å². The first-order valence-electron chi connectivity index (χ1n) is 6.11. The summed E-state index contributed by atoms with van der Waals surface area (Å²) in [4.78, 5) is 5.73. The maximum Gasteiger partial charge on any atom is 0.0900 e. The maximum atomic E-state index is 9.11. The van der Waals surface area contributed by atoms with Crippen LogP contribution in [0.2, 0.25) is 0 Å². The Morgan fingerprint density at radius 1 is 1.35 bits per heavy atom. The molecule has 1 aromatic rings. The lowest BCUT2D eigenvalue weighted by Gasteiger charge is -2.31. The average Bonchev–Trinajstić information content (AvgIpc) is 2.50. The molecule has 1 heterocycles. The molecule has 1 unspecified atom stereocenters. The molecule has 0 saturated carbocycles. The zero-order valence-electron chi connectivity index (χ0n) is 11.5. The minimum Gasteiger partial charge on any atom is -0.396 e. The minimum atomic E-state index is 0.163. The molecule has 17 heavy (non-hydrogen) atoms. The van der Waals surface area contributed by atoms with Crippen LogP contribution in [-0.2, 0) is 6.54 Å². The van der Waals surface area contributed by atoms with E-state index in [9.17, 15) is 0 Å². The monoisotopic (exact) mass is 256 g/mol. The van der Waals surface area contributed by atoms with Gasteiger partial charge in [-0.05, 0) is 25.7 Å². The summed E-state index contributed by atoms with van der Waals surface area (Å²) in [6, 6.07) is 0.328. The fourth-order valence-electron chi connectivity index (χ4n) is 1.92. The van der Waals surface area contributed by atoms with Gasteiger partial charge < -0.3 is 10.4 Å². The van der Waals surface area contributed by atoms with Crippen LogP contribution in [0.1, 0.15) is 42.8 Å².